The van der Waals surface area contributed by atoms with Crippen molar-refractivity contribution in [3.05, 3.63) is 32.3 Å². The highest BCUT2D eigenvalue weighted by Crippen LogP contribution is 2.35. The summed E-state index contributed by atoms with van der Waals surface area (Å²) < 4.78 is 6.12. The Bertz CT molecular complexity index is 486. The quantitative estimate of drug-likeness (QED) is 0.662. The number of halogens is 1. The van der Waals surface area contributed by atoms with E-state index in [0.717, 1.165) is 0 Å². The van der Waals surface area contributed by atoms with Crippen molar-refractivity contribution in [2.75, 3.05) is 6.61 Å². The lowest BCUT2D eigenvalue weighted by atomic mass is 9.94. The Balaban J connectivity index is 3.04. The highest BCUT2D eigenvalue weighted by molar-refractivity contribution is 9.10. The van der Waals surface area contributed by atoms with Crippen molar-refractivity contribution in [1.82, 2.24) is 0 Å². The zero-order valence-electron chi connectivity index (χ0n) is 11.4. The van der Waals surface area contributed by atoms with Crippen molar-refractivity contribution >= 4 is 21.6 Å². The van der Waals surface area contributed by atoms with E-state index in [1.54, 1.807) is 19.9 Å². The van der Waals surface area contributed by atoms with E-state index in [4.69, 9.17) is 4.74 Å². The Morgan fingerprint density at radius 3 is 2.58 bits per heavy atom. The van der Waals surface area contributed by atoms with Crippen molar-refractivity contribution in [3.8, 4) is 5.75 Å². The second-order valence-electron chi connectivity index (χ2n) is 5.13. The van der Waals surface area contributed by atoms with E-state index in [1.165, 1.54) is 6.07 Å². The van der Waals surface area contributed by atoms with Crippen LogP contribution in [0.3, 0.4) is 0 Å². The summed E-state index contributed by atoms with van der Waals surface area (Å²) in [6.07, 6.45) is 0. The number of hydrogen-bond donors (Lipinski definition) is 1. The van der Waals surface area contributed by atoms with Gasteiger partial charge in [0.15, 0.2) is 5.75 Å². The van der Waals surface area contributed by atoms with E-state index in [2.05, 4.69) is 15.9 Å². The molecular formula is C13H18BrNO4. The van der Waals surface area contributed by atoms with Crippen molar-refractivity contribution in [2.24, 2.45) is 5.92 Å². The Morgan fingerprint density at radius 1 is 1.53 bits per heavy atom. The average molecular weight is 332 g/mol. The van der Waals surface area contributed by atoms with Crippen LogP contribution in [0, 0.1) is 23.0 Å². The molecule has 5 nitrogen and oxygen atoms in total. The number of rotatable bonds is 5. The number of ether oxygens (including phenoxy) is 1. The lowest BCUT2D eigenvalue weighted by Gasteiger charge is -2.27. The normalized spacial score (nSPS) is 14.3. The van der Waals surface area contributed by atoms with Gasteiger partial charge in [-0.25, -0.2) is 0 Å². The summed E-state index contributed by atoms with van der Waals surface area (Å²) in [6, 6.07) is 3.14. The van der Waals surface area contributed by atoms with E-state index >= 15 is 0 Å². The monoisotopic (exact) mass is 331 g/mol. The van der Waals surface area contributed by atoms with Crippen molar-refractivity contribution < 1.29 is 14.8 Å². The van der Waals surface area contributed by atoms with Gasteiger partial charge in [0.05, 0.1) is 10.5 Å². The van der Waals surface area contributed by atoms with Gasteiger partial charge in [-0.15, -0.1) is 0 Å². The summed E-state index contributed by atoms with van der Waals surface area (Å²) in [6.45, 7) is 7.13. The molecule has 0 aliphatic rings. The van der Waals surface area contributed by atoms with Gasteiger partial charge in [-0.05, 0) is 31.4 Å². The molecule has 1 aromatic carbocycles. The van der Waals surface area contributed by atoms with Crippen LogP contribution in [0.1, 0.15) is 26.3 Å². The first-order valence-electron chi connectivity index (χ1n) is 5.95. The van der Waals surface area contributed by atoms with Crippen LogP contribution < -0.4 is 4.74 Å². The van der Waals surface area contributed by atoms with Gasteiger partial charge in [-0.2, -0.15) is 0 Å². The van der Waals surface area contributed by atoms with Crippen LogP contribution in [-0.4, -0.2) is 22.2 Å². The Morgan fingerprint density at radius 2 is 2.11 bits per heavy atom. The number of nitrogens with zero attached hydrogens (tertiary/aromatic N) is 1. The van der Waals surface area contributed by atoms with E-state index < -0.39 is 10.5 Å². The summed E-state index contributed by atoms with van der Waals surface area (Å²) in [4.78, 5) is 10.5. The molecule has 6 heteroatoms. The van der Waals surface area contributed by atoms with Crippen molar-refractivity contribution in [3.63, 3.8) is 0 Å². The third-order valence-electron chi connectivity index (χ3n) is 3.17. The van der Waals surface area contributed by atoms with Crippen LogP contribution >= 0.6 is 15.9 Å². The molecule has 0 aliphatic carbocycles. The molecule has 0 spiro atoms. The fourth-order valence-electron chi connectivity index (χ4n) is 1.42. The molecule has 1 unspecified atom stereocenters. The first-order chi connectivity index (χ1) is 8.65. The summed E-state index contributed by atoms with van der Waals surface area (Å²) in [7, 11) is 0. The largest absolute Gasteiger partial charge is 0.484 e. The van der Waals surface area contributed by atoms with Crippen molar-refractivity contribution in [2.45, 2.75) is 33.3 Å². The van der Waals surface area contributed by atoms with E-state index in [-0.39, 0.29) is 24.0 Å². The molecule has 0 aliphatic heterocycles. The van der Waals surface area contributed by atoms with Crippen LogP contribution in [0.25, 0.3) is 0 Å². The minimum absolute atomic E-state index is 0.00792. The van der Waals surface area contributed by atoms with Gasteiger partial charge in [0.25, 0.3) is 0 Å². The number of aliphatic hydroxyl groups is 1. The molecule has 1 aromatic rings. The molecule has 1 N–H and O–H groups in total. The molecule has 106 valence electrons. The third-order valence-corrected chi connectivity index (χ3v) is 3.63. The second kappa shape index (κ2) is 5.88. The molecule has 19 heavy (non-hydrogen) atoms. The zero-order valence-corrected chi connectivity index (χ0v) is 13.0. The van der Waals surface area contributed by atoms with Crippen LogP contribution in [0.4, 0.5) is 5.69 Å². The topological polar surface area (TPSA) is 72.6 Å². The Labute approximate surface area is 120 Å². The van der Waals surface area contributed by atoms with Crippen LogP contribution in [0.2, 0.25) is 0 Å². The van der Waals surface area contributed by atoms with Gasteiger partial charge in [0.2, 0.25) is 0 Å². The minimum atomic E-state index is -1.03. The highest BCUT2D eigenvalue weighted by Gasteiger charge is 2.28. The summed E-state index contributed by atoms with van der Waals surface area (Å²) in [5, 5.41) is 21.2. The maximum Gasteiger partial charge on any atom is 0.312 e. The lowest BCUT2D eigenvalue weighted by molar-refractivity contribution is -0.386. The molecule has 0 bridgehead atoms. The van der Waals surface area contributed by atoms with Gasteiger partial charge in [-0.1, -0.05) is 29.8 Å². The zero-order chi connectivity index (χ0) is 14.8. The molecule has 0 heterocycles. The number of benzene rings is 1. The van der Waals surface area contributed by atoms with Crippen LogP contribution in [0.15, 0.2) is 16.6 Å². The molecular weight excluding hydrogens is 314 g/mol. The molecule has 0 saturated heterocycles. The number of nitro groups is 1. The highest BCUT2D eigenvalue weighted by atomic mass is 79.9. The SMILES string of the molecule is Cc1cc(Br)cc([N+](=O)[O-])c1OCC(C)(O)C(C)C. The first kappa shape index (κ1) is 15.9. The summed E-state index contributed by atoms with van der Waals surface area (Å²) in [5.74, 6) is 0.191. The fraction of sp³-hybridized carbons (Fsp3) is 0.538. The van der Waals surface area contributed by atoms with E-state index in [9.17, 15) is 15.2 Å². The molecule has 1 atom stereocenters. The Kier molecular flexibility index (Phi) is 4.92. The standard InChI is InChI=1S/C13H18BrNO4/c1-8(2)13(4,16)7-19-12-9(3)5-10(14)6-11(12)15(17)18/h5-6,8,16H,7H2,1-4H3. The average Bonchev–Trinajstić information content (AvgIpc) is 2.26. The summed E-state index contributed by atoms with van der Waals surface area (Å²) in [5.41, 5.74) is -0.486. The van der Waals surface area contributed by atoms with Gasteiger partial charge >= 0.3 is 5.69 Å². The molecule has 0 saturated carbocycles. The third kappa shape index (κ3) is 3.91. The number of hydrogen-bond acceptors (Lipinski definition) is 4. The maximum atomic E-state index is 11.0. The molecule has 0 aromatic heterocycles. The van der Waals surface area contributed by atoms with Gasteiger partial charge in [0, 0.05) is 10.5 Å². The minimum Gasteiger partial charge on any atom is -0.484 e. The van der Waals surface area contributed by atoms with Crippen molar-refractivity contribution in [1.29, 1.82) is 0 Å². The summed E-state index contributed by atoms with van der Waals surface area (Å²) >= 11 is 3.22. The number of nitro benzene ring substituents is 1. The number of aryl methyl sites for hydroxylation is 1. The maximum absolute atomic E-state index is 11.0. The van der Waals surface area contributed by atoms with E-state index in [1.807, 2.05) is 13.8 Å². The van der Waals surface area contributed by atoms with Gasteiger partial charge in [-0.3, -0.25) is 10.1 Å². The smallest absolute Gasteiger partial charge is 0.312 e. The predicted octanol–water partition coefficient (Wildman–Crippen LogP) is 3.45. The first-order valence-corrected chi connectivity index (χ1v) is 6.74. The van der Waals surface area contributed by atoms with E-state index in [0.29, 0.717) is 10.0 Å². The molecule has 0 amide bonds. The van der Waals surface area contributed by atoms with Crippen LogP contribution in [0.5, 0.6) is 5.75 Å². The molecule has 1 rings (SSSR count). The van der Waals surface area contributed by atoms with Gasteiger partial charge in [0.1, 0.15) is 6.61 Å². The predicted molar refractivity (Wildman–Crippen MR) is 76.5 cm³/mol. The fourth-order valence-corrected chi connectivity index (χ4v) is 1.98. The lowest BCUT2D eigenvalue weighted by Crippen LogP contribution is -2.38. The second-order valence-corrected chi connectivity index (χ2v) is 6.04. The van der Waals surface area contributed by atoms with Crippen LogP contribution in [-0.2, 0) is 0 Å². The molecule has 0 radical (unpaired) electrons. The molecule has 0 fully saturated rings. The Hall–Kier alpha value is -1.14. The van der Waals surface area contributed by atoms with Gasteiger partial charge < -0.3 is 9.84 Å².